The van der Waals surface area contributed by atoms with E-state index >= 15 is 0 Å². The predicted molar refractivity (Wildman–Crippen MR) is 51.1 cm³/mol. The summed E-state index contributed by atoms with van der Waals surface area (Å²) in [6, 6.07) is 1.74. The molecule has 3 unspecified atom stereocenters. The molecule has 2 bridgehead atoms. The highest BCUT2D eigenvalue weighted by molar-refractivity contribution is 9.09. The minimum absolute atomic E-state index is 0.768. The Morgan fingerprint density at radius 1 is 1.18 bits per heavy atom. The fourth-order valence-corrected chi connectivity index (χ4v) is 3.47. The number of halogens is 1. The summed E-state index contributed by atoms with van der Waals surface area (Å²) in [7, 11) is 2.29. The second-order valence-electron chi connectivity index (χ2n) is 3.91. The zero-order valence-electron chi connectivity index (χ0n) is 7.09. The van der Waals surface area contributed by atoms with Crippen molar-refractivity contribution in [2.75, 3.05) is 7.05 Å². The third-order valence-electron chi connectivity index (χ3n) is 3.33. The molecule has 2 heterocycles. The van der Waals surface area contributed by atoms with Gasteiger partial charge in [0.25, 0.3) is 0 Å². The van der Waals surface area contributed by atoms with Crippen LogP contribution in [0.25, 0.3) is 0 Å². The van der Waals surface area contributed by atoms with Crippen LogP contribution in [0.4, 0.5) is 0 Å². The molecule has 0 aliphatic carbocycles. The standard InChI is InChI=1S/C9H16BrN/c1-11-7-3-2-4-9(11)8(10)6-5-7/h7-9H,2-6H2,1H3. The summed E-state index contributed by atoms with van der Waals surface area (Å²) in [5.74, 6) is 0. The van der Waals surface area contributed by atoms with E-state index in [0.717, 1.165) is 16.9 Å². The van der Waals surface area contributed by atoms with Crippen molar-refractivity contribution in [1.82, 2.24) is 4.90 Å². The van der Waals surface area contributed by atoms with Crippen LogP contribution >= 0.6 is 15.9 Å². The summed E-state index contributed by atoms with van der Waals surface area (Å²) in [4.78, 5) is 3.36. The largest absolute Gasteiger partial charge is 0.299 e. The molecular weight excluding hydrogens is 202 g/mol. The van der Waals surface area contributed by atoms with Crippen LogP contribution in [0, 0.1) is 0 Å². The molecular formula is C9H16BrN. The monoisotopic (exact) mass is 217 g/mol. The van der Waals surface area contributed by atoms with Gasteiger partial charge in [-0.3, -0.25) is 4.90 Å². The number of hydrogen-bond donors (Lipinski definition) is 0. The number of fused-ring (bicyclic) bond motifs is 2. The Hall–Kier alpha value is 0.440. The summed E-state index contributed by atoms with van der Waals surface area (Å²) in [6.07, 6.45) is 7.08. The molecule has 0 N–H and O–H groups in total. The maximum Gasteiger partial charge on any atom is 0.0302 e. The number of nitrogens with zero attached hydrogens (tertiary/aromatic N) is 1. The smallest absolute Gasteiger partial charge is 0.0302 e. The Morgan fingerprint density at radius 3 is 2.73 bits per heavy atom. The summed E-state index contributed by atoms with van der Waals surface area (Å²) in [6.45, 7) is 0. The lowest BCUT2D eigenvalue weighted by molar-refractivity contribution is 0.0738. The quantitative estimate of drug-likeness (QED) is 0.564. The van der Waals surface area contributed by atoms with E-state index in [1.54, 1.807) is 0 Å². The first-order valence-electron chi connectivity index (χ1n) is 4.65. The van der Waals surface area contributed by atoms with Gasteiger partial charge in [-0.15, -0.1) is 0 Å². The molecule has 1 nitrogen and oxygen atoms in total. The number of piperidine rings is 2. The Morgan fingerprint density at radius 2 is 2.00 bits per heavy atom. The van der Waals surface area contributed by atoms with Crippen LogP contribution in [0.15, 0.2) is 0 Å². The third kappa shape index (κ3) is 1.35. The molecule has 2 aliphatic heterocycles. The van der Waals surface area contributed by atoms with Crippen molar-refractivity contribution < 1.29 is 0 Å². The molecule has 0 aromatic carbocycles. The Balaban J connectivity index is 2.09. The first-order chi connectivity index (χ1) is 5.29. The molecule has 0 spiro atoms. The second kappa shape index (κ2) is 3.06. The van der Waals surface area contributed by atoms with Gasteiger partial charge in [-0.05, 0) is 32.7 Å². The molecule has 2 rings (SSSR count). The minimum Gasteiger partial charge on any atom is -0.299 e. The van der Waals surface area contributed by atoms with Crippen LogP contribution < -0.4 is 0 Å². The van der Waals surface area contributed by atoms with E-state index in [9.17, 15) is 0 Å². The topological polar surface area (TPSA) is 3.24 Å². The summed E-state index contributed by atoms with van der Waals surface area (Å²) in [5, 5.41) is 0. The van der Waals surface area contributed by atoms with Crippen molar-refractivity contribution in [3.8, 4) is 0 Å². The van der Waals surface area contributed by atoms with Crippen molar-refractivity contribution in [1.29, 1.82) is 0 Å². The molecule has 2 fully saturated rings. The predicted octanol–water partition coefficient (Wildman–Crippen LogP) is 2.40. The molecule has 0 radical (unpaired) electrons. The highest BCUT2D eigenvalue weighted by Gasteiger charge is 2.35. The SMILES string of the molecule is CN1C2CCCC1C(Br)CC2. The lowest BCUT2D eigenvalue weighted by Gasteiger charge is -2.46. The molecule has 0 aromatic heterocycles. The zero-order valence-corrected chi connectivity index (χ0v) is 8.68. The fraction of sp³-hybridized carbons (Fsp3) is 1.00. The van der Waals surface area contributed by atoms with E-state index in [4.69, 9.17) is 0 Å². The Labute approximate surface area is 77.3 Å². The fourth-order valence-electron chi connectivity index (χ4n) is 2.57. The van der Waals surface area contributed by atoms with Crippen LogP contribution in [0.2, 0.25) is 0 Å². The molecule has 0 amide bonds. The van der Waals surface area contributed by atoms with Gasteiger partial charge in [-0.25, -0.2) is 0 Å². The van der Waals surface area contributed by atoms with Gasteiger partial charge in [0.2, 0.25) is 0 Å². The van der Waals surface area contributed by atoms with Crippen molar-refractivity contribution >= 4 is 15.9 Å². The lowest BCUT2D eigenvalue weighted by Crippen LogP contribution is -2.52. The lowest BCUT2D eigenvalue weighted by atomic mass is 9.85. The van der Waals surface area contributed by atoms with Gasteiger partial charge in [-0.2, -0.15) is 0 Å². The molecule has 2 heteroatoms. The molecule has 11 heavy (non-hydrogen) atoms. The molecule has 3 atom stereocenters. The minimum atomic E-state index is 0.768. The van der Waals surface area contributed by atoms with Crippen LogP contribution in [0.3, 0.4) is 0 Å². The normalized spacial score (nSPS) is 45.8. The van der Waals surface area contributed by atoms with Crippen molar-refractivity contribution in [2.45, 2.75) is 49.0 Å². The first-order valence-corrected chi connectivity index (χ1v) is 5.56. The highest BCUT2D eigenvalue weighted by atomic mass is 79.9. The summed E-state index contributed by atoms with van der Waals surface area (Å²) < 4.78 is 0. The van der Waals surface area contributed by atoms with E-state index in [1.165, 1.54) is 32.1 Å². The number of hydrogen-bond acceptors (Lipinski definition) is 1. The third-order valence-corrected chi connectivity index (χ3v) is 4.40. The van der Waals surface area contributed by atoms with Crippen LogP contribution in [0.1, 0.15) is 32.1 Å². The van der Waals surface area contributed by atoms with Crippen LogP contribution in [0.5, 0.6) is 0 Å². The van der Waals surface area contributed by atoms with Gasteiger partial charge >= 0.3 is 0 Å². The summed E-state index contributed by atoms with van der Waals surface area (Å²) >= 11 is 3.77. The average Bonchev–Trinajstić information content (AvgIpc) is 1.98. The molecule has 64 valence electrons. The van der Waals surface area contributed by atoms with E-state index in [2.05, 4.69) is 27.9 Å². The van der Waals surface area contributed by atoms with Crippen molar-refractivity contribution in [3.05, 3.63) is 0 Å². The van der Waals surface area contributed by atoms with Gasteiger partial charge in [-0.1, -0.05) is 22.4 Å². The van der Waals surface area contributed by atoms with Gasteiger partial charge in [0, 0.05) is 16.9 Å². The maximum atomic E-state index is 3.77. The van der Waals surface area contributed by atoms with Gasteiger partial charge in [0.15, 0.2) is 0 Å². The van der Waals surface area contributed by atoms with Crippen molar-refractivity contribution in [2.24, 2.45) is 0 Å². The second-order valence-corrected chi connectivity index (χ2v) is 5.09. The number of rotatable bonds is 0. The van der Waals surface area contributed by atoms with E-state index in [-0.39, 0.29) is 0 Å². The molecule has 2 saturated heterocycles. The summed E-state index contributed by atoms with van der Waals surface area (Å²) in [5.41, 5.74) is 0. The average molecular weight is 218 g/mol. The highest BCUT2D eigenvalue weighted by Crippen LogP contribution is 2.35. The van der Waals surface area contributed by atoms with Gasteiger partial charge in [0.05, 0.1) is 0 Å². The first kappa shape index (κ1) is 8.06. The molecule has 0 saturated carbocycles. The molecule has 0 aromatic rings. The van der Waals surface area contributed by atoms with E-state index in [1.807, 2.05) is 0 Å². The van der Waals surface area contributed by atoms with Crippen LogP contribution in [-0.2, 0) is 0 Å². The zero-order chi connectivity index (χ0) is 7.84. The van der Waals surface area contributed by atoms with Gasteiger partial charge in [0.1, 0.15) is 0 Å². The maximum absolute atomic E-state index is 3.77. The number of alkyl halides is 1. The van der Waals surface area contributed by atoms with E-state index in [0.29, 0.717) is 0 Å². The van der Waals surface area contributed by atoms with E-state index < -0.39 is 0 Å². The molecule has 2 aliphatic rings. The van der Waals surface area contributed by atoms with Crippen molar-refractivity contribution in [3.63, 3.8) is 0 Å². The van der Waals surface area contributed by atoms with Crippen LogP contribution in [-0.4, -0.2) is 28.9 Å². The van der Waals surface area contributed by atoms with Gasteiger partial charge < -0.3 is 0 Å². The Bertz CT molecular complexity index is 148. The Kier molecular flexibility index (Phi) is 2.24.